The van der Waals surface area contributed by atoms with Gasteiger partial charge in [0, 0.05) is 12.2 Å². The molecule has 25 heavy (non-hydrogen) atoms. The highest BCUT2D eigenvalue weighted by Crippen LogP contribution is 2.29. The Labute approximate surface area is 146 Å². The van der Waals surface area contributed by atoms with Crippen molar-refractivity contribution in [3.05, 3.63) is 58.4 Å². The molecular weight excluding hydrogens is 316 g/mol. The first-order chi connectivity index (χ1) is 12.2. The van der Waals surface area contributed by atoms with Gasteiger partial charge in [0.15, 0.2) is 0 Å². The number of nitrogens with one attached hydrogen (secondary N) is 1. The summed E-state index contributed by atoms with van der Waals surface area (Å²) in [5.74, 6) is -0.180. The van der Waals surface area contributed by atoms with E-state index in [-0.39, 0.29) is 29.2 Å². The fraction of sp³-hybridized carbons (Fsp3) is 0.400. The number of amides is 1. The van der Waals surface area contributed by atoms with Crippen LogP contribution in [0.25, 0.3) is 11.3 Å². The number of fused-ring (bicyclic) bond motifs is 1. The van der Waals surface area contributed by atoms with E-state index in [9.17, 15) is 9.59 Å². The molecule has 2 aliphatic rings. The zero-order valence-electron chi connectivity index (χ0n) is 14.1. The Kier molecular flexibility index (Phi) is 4.40. The second-order valence-electron chi connectivity index (χ2n) is 6.74. The lowest BCUT2D eigenvalue weighted by molar-refractivity contribution is -0.0753. The number of aromatic nitrogens is 1. The molecule has 0 unspecified atom stereocenters. The maximum atomic E-state index is 13.0. The summed E-state index contributed by atoms with van der Waals surface area (Å²) in [4.78, 5) is 30.2. The molecular formula is C20H22N2O3. The van der Waals surface area contributed by atoms with E-state index in [1.54, 1.807) is 6.07 Å². The second kappa shape index (κ2) is 6.84. The molecule has 1 amide bonds. The van der Waals surface area contributed by atoms with E-state index in [1.165, 1.54) is 0 Å². The number of morpholine rings is 1. The largest absolute Gasteiger partial charge is 0.374 e. The van der Waals surface area contributed by atoms with Gasteiger partial charge in [0.25, 0.3) is 11.5 Å². The molecule has 1 N–H and O–H groups in total. The molecule has 0 spiro atoms. The number of ether oxygens (including phenoxy) is 1. The Hall–Kier alpha value is -2.40. The molecule has 0 radical (unpaired) electrons. The summed E-state index contributed by atoms with van der Waals surface area (Å²) in [6, 6.07) is 13.2. The van der Waals surface area contributed by atoms with Crippen LogP contribution in [0.5, 0.6) is 0 Å². The lowest BCUT2D eigenvalue weighted by Crippen LogP contribution is -2.55. The normalized spacial score (nSPS) is 23.1. The Morgan fingerprint density at radius 2 is 1.88 bits per heavy atom. The van der Waals surface area contributed by atoms with E-state index in [4.69, 9.17) is 4.74 Å². The Bertz CT molecular complexity index is 813. The molecule has 1 aromatic heterocycles. The summed E-state index contributed by atoms with van der Waals surface area (Å²) in [7, 11) is 0. The number of rotatable bonds is 2. The smallest absolute Gasteiger partial charge is 0.261 e. The monoisotopic (exact) mass is 338 g/mol. The maximum Gasteiger partial charge on any atom is 0.261 e. The van der Waals surface area contributed by atoms with Gasteiger partial charge in [0.2, 0.25) is 0 Å². The number of hydrogen-bond donors (Lipinski definition) is 1. The van der Waals surface area contributed by atoms with Crippen LogP contribution in [0.15, 0.2) is 47.3 Å². The van der Waals surface area contributed by atoms with Crippen molar-refractivity contribution in [3.63, 3.8) is 0 Å². The van der Waals surface area contributed by atoms with Crippen molar-refractivity contribution < 1.29 is 9.53 Å². The first-order valence-electron chi connectivity index (χ1n) is 8.95. The van der Waals surface area contributed by atoms with Crippen LogP contribution in [0, 0.1) is 0 Å². The minimum absolute atomic E-state index is 0.100. The molecule has 5 heteroatoms. The molecule has 4 rings (SSSR count). The van der Waals surface area contributed by atoms with Crippen LogP contribution in [-0.2, 0) is 4.74 Å². The predicted molar refractivity (Wildman–Crippen MR) is 95.5 cm³/mol. The zero-order chi connectivity index (χ0) is 17.2. The first kappa shape index (κ1) is 16.1. The molecule has 1 saturated heterocycles. The van der Waals surface area contributed by atoms with Crippen LogP contribution < -0.4 is 5.56 Å². The second-order valence-corrected chi connectivity index (χ2v) is 6.74. The third-order valence-corrected chi connectivity index (χ3v) is 5.22. The Morgan fingerprint density at radius 1 is 1.08 bits per heavy atom. The number of benzene rings is 1. The van der Waals surface area contributed by atoms with E-state index < -0.39 is 0 Å². The van der Waals surface area contributed by atoms with Crippen molar-refractivity contribution in [2.75, 3.05) is 13.2 Å². The Balaban J connectivity index is 1.61. The lowest BCUT2D eigenvalue weighted by Gasteiger charge is -2.43. The topological polar surface area (TPSA) is 62.4 Å². The van der Waals surface area contributed by atoms with Gasteiger partial charge in [-0.2, -0.15) is 0 Å². The number of aromatic amines is 1. The van der Waals surface area contributed by atoms with Crippen LogP contribution >= 0.6 is 0 Å². The molecule has 1 saturated carbocycles. The van der Waals surface area contributed by atoms with Crippen molar-refractivity contribution in [3.8, 4) is 11.3 Å². The summed E-state index contributed by atoms with van der Waals surface area (Å²) in [6.45, 7) is 1.10. The minimum atomic E-state index is -0.329. The number of hydrogen-bond acceptors (Lipinski definition) is 3. The van der Waals surface area contributed by atoms with Gasteiger partial charge in [0.05, 0.1) is 18.8 Å². The van der Waals surface area contributed by atoms with Crippen molar-refractivity contribution in [2.45, 2.75) is 37.8 Å². The fourth-order valence-electron chi connectivity index (χ4n) is 3.93. The zero-order valence-corrected chi connectivity index (χ0v) is 14.1. The maximum absolute atomic E-state index is 13.0. The molecule has 130 valence electrons. The van der Waals surface area contributed by atoms with Crippen molar-refractivity contribution in [2.24, 2.45) is 0 Å². The highest BCUT2D eigenvalue weighted by molar-refractivity contribution is 5.94. The van der Waals surface area contributed by atoms with Gasteiger partial charge >= 0.3 is 0 Å². The molecule has 2 atom stereocenters. The number of pyridine rings is 1. The summed E-state index contributed by atoms with van der Waals surface area (Å²) >= 11 is 0. The van der Waals surface area contributed by atoms with Gasteiger partial charge in [-0.15, -0.1) is 0 Å². The fourth-order valence-corrected chi connectivity index (χ4v) is 3.93. The van der Waals surface area contributed by atoms with Gasteiger partial charge in [-0.1, -0.05) is 43.2 Å². The third kappa shape index (κ3) is 3.12. The van der Waals surface area contributed by atoms with Gasteiger partial charge in [0.1, 0.15) is 5.56 Å². The van der Waals surface area contributed by atoms with Crippen LogP contribution in [0.3, 0.4) is 0 Å². The predicted octanol–water partition coefficient (Wildman–Crippen LogP) is 2.83. The van der Waals surface area contributed by atoms with E-state index in [0.717, 1.165) is 36.9 Å². The van der Waals surface area contributed by atoms with Crippen LogP contribution in [0.4, 0.5) is 0 Å². The van der Waals surface area contributed by atoms with E-state index in [2.05, 4.69) is 4.98 Å². The summed E-state index contributed by atoms with van der Waals surface area (Å²) < 4.78 is 5.83. The van der Waals surface area contributed by atoms with E-state index >= 15 is 0 Å². The lowest BCUT2D eigenvalue weighted by atomic mass is 9.90. The molecule has 2 aromatic rings. The number of carbonyl (C=O) groups is 1. The highest BCUT2D eigenvalue weighted by atomic mass is 16.5. The van der Waals surface area contributed by atoms with Crippen LogP contribution in [0.1, 0.15) is 36.0 Å². The average Bonchev–Trinajstić information content (AvgIpc) is 2.67. The standard InChI is InChI=1S/C20H22N2O3/c23-19-15(10-11-16(21-19)14-6-2-1-3-7-14)20(24)22-12-13-25-18-9-5-4-8-17(18)22/h1-3,6-7,10-11,17-18H,4-5,8-9,12-13H2,(H,21,23)/t17-,18+/m1/s1. The number of H-pyrrole nitrogens is 1. The van der Waals surface area contributed by atoms with Crippen molar-refractivity contribution in [1.82, 2.24) is 9.88 Å². The van der Waals surface area contributed by atoms with Gasteiger partial charge < -0.3 is 14.6 Å². The summed E-state index contributed by atoms with van der Waals surface area (Å²) in [6.07, 6.45) is 4.33. The van der Waals surface area contributed by atoms with Gasteiger partial charge in [-0.25, -0.2) is 0 Å². The highest BCUT2D eigenvalue weighted by Gasteiger charge is 2.37. The van der Waals surface area contributed by atoms with Crippen molar-refractivity contribution in [1.29, 1.82) is 0 Å². The van der Waals surface area contributed by atoms with E-state index in [0.29, 0.717) is 13.2 Å². The molecule has 2 heterocycles. The van der Waals surface area contributed by atoms with Gasteiger partial charge in [-0.05, 0) is 30.5 Å². The molecule has 2 fully saturated rings. The summed E-state index contributed by atoms with van der Waals surface area (Å²) in [5, 5.41) is 0. The third-order valence-electron chi connectivity index (χ3n) is 5.22. The first-order valence-corrected chi connectivity index (χ1v) is 8.95. The molecule has 0 bridgehead atoms. The molecule has 1 aliphatic heterocycles. The number of nitrogens with zero attached hydrogens (tertiary/aromatic N) is 1. The SMILES string of the molecule is O=C(c1ccc(-c2ccccc2)[nH]c1=O)N1CCO[C@H]2CCCC[C@H]21. The van der Waals surface area contributed by atoms with Crippen LogP contribution in [-0.4, -0.2) is 41.1 Å². The molecule has 1 aromatic carbocycles. The molecule has 1 aliphatic carbocycles. The minimum Gasteiger partial charge on any atom is -0.374 e. The van der Waals surface area contributed by atoms with Crippen LogP contribution in [0.2, 0.25) is 0 Å². The molecule has 5 nitrogen and oxygen atoms in total. The Morgan fingerprint density at radius 3 is 2.68 bits per heavy atom. The van der Waals surface area contributed by atoms with E-state index in [1.807, 2.05) is 41.3 Å². The van der Waals surface area contributed by atoms with Crippen molar-refractivity contribution >= 4 is 5.91 Å². The number of carbonyl (C=O) groups excluding carboxylic acids is 1. The average molecular weight is 338 g/mol. The quantitative estimate of drug-likeness (QED) is 0.916. The summed E-state index contributed by atoms with van der Waals surface area (Å²) in [5.41, 5.74) is 1.54. The van der Waals surface area contributed by atoms with Gasteiger partial charge in [-0.3, -0.25) is 9.59 Å².